The van der Waals surface area contributed by atoms with E-state index in [0.29, 0.717) is 16.5 Å². The second kappa shape index (κ2) is 4.51. The number of rotatable bonds is 2. The molecule has 0 spiro atoms. The topological polar surface area (TPSA) is 53.4 Å². The summed E-state index contributed by atoms with van der Waals surface area (Å²) in [6.45, 7) is 3.93. The molecule has 1 aromatic heterocycles. The van der Waals surface area contributed by atoms with Crippen molar-refractivity contribution >= 4 is 17.3 Å². The van der Waals surface area contributed by atoms with E-state index >= 15 is 0 Å². The van der Waals surface area contributed by atoms with E-state index in [2.05, 4.69) is 16.9 Å². The summed E-state index contributed by atoms with van der Waals surface area (Å²) in [5.74, 6) is -0.401. The monoisotopic (exact) mass is 240 g/mol. The van der Waals surface area contributed by atoms with Crippen LogP contribution >= 0.6 is 11.3 Å². The van der Waals surface area contributed by atoms with E-state index in [0.717, 1.165) is 30.9 Å². The molecule has 0 aromatic carbocycles. The van der Waals surface area contributed by atoms with Crippen molar-refractivity contribution in [2.75, 3.05) is 20.1 Å². The van der Waals surface area contributed by atoms with Gasteiger partial charge in [-0.25, -0.2) is 9.78 Å². The first-order valence-corrected chi connectivity index (χ1v) is 6.28. The van der Waals surface area contributed by atoms with Gasteiger partial charge in [0, 0.05) is 5.92 Å². The molecule has 16 heavy (non-hydrogen) atoms. The first-order valence-electron chi connectivity index (χ1n) is 5.47. The summed E-state index contributed by atoms with van der Waals surface area (Å²) in [6, 6.07) is 0. The number of aromatic nitrogens is 1. The second-order valence-corrected chi connectivity index (χ2v) is 5.38. The van der Waals surface area contributed by atoms with Gasteiger partial charge in [-0.2, -0.15) is 0 Å². The number of carboxylic acids is 1. The van der Waals surface area contributed by atoms with Crippen LogP contribution in [-0.2, 0) is 0 Å². The van der Waals surface area contributed by atoms with Gasteiger partial charge < -0.3 is 10.0 Å². The highest BCUT2D eigenvalue weighted by Gasteiger charge is 2.23. The van der Waals surface area contributed by atoms with Gasteiger partial charge in [0.2, 0.25) is 0 Å². The zero-order valence-corrected chi connectivity index (χ0v) is 10.4. The van der Waals surface area contributed by atoms with E-state index in [1.54, 1.807) is 6.92 Å². The molecule has 1 aliphatic rings. The number of thiazole rings is 1. The number of likely N-dealkylation sites (tertiary alicyclic amines) is 1. The summed E-state index contributed by atoms with van der Waals surface area (Å²) >= 11 is 1.35. The second-order valence-electron chi connectivity index (χ2n) is 4.35. The fourth-order valence-corrected chi connectivity index (χ4v) is 3.12. The Morgan fingerprint density at radius 2 is 2.12 bits per heavy atom. The smallest absolute Gasteiger partial charge is 0.347 e. The molecule has 4 nitrogen and oxygen atoms in total. The van der Waals surface area contributed by atoms with Crippen LogP contribution in [0.1, 0.15) is 39.1 Å². The van der Waals surface area contributed by atoms with Gasteiger partial charge in [-0.15, -0.1) is 11.3 Å². The van der Waals surface area contributed by atoms with Crippen molar-refractivity contribution in [2.24, 2.45) is 0 Å². The summed E-state index contributed by atoms with van der Waals surface area (Å²) in [6.07, 6.45) is 2.17. The van der Waals surface area contributed by atoms with Crippen LogP contribution < -0.4 is 0 Å². The van der Waals surface area contributed by atoms with Gasteiger partial charge in [0.1, 0.15) is 4.88 Å². The number of nitrogens with zero attached hydrogens (tertiary/aromatic N) is 2. The number of hydrogen-bond donors (Lipinski definition) is 1. The molecule has 0 aliphatic carbocycles. The molecule has 0 radical (unpaired) electrons. The summed E-state index contributed by atoms with van der Waals surface area (Å²) in [7, 11) is 2.12. The maximum absolute atomic E-state index is 10.9. The highest BCUT2D eigenvalue weighted by Crippen LogP contribution is 2.32. The summed E-state index contributed by atoms with van der Waals surface area (Å²) < 4.78 is 0. The van der Waals surface area contributed by atoms with Crippen molar-refractivity contribution in [3.05, 3.63) is 15.6 Å². The van der Waals surface area contributed by atoms with Gasteiger partial charge in [0.15, 0.2) is 0 Å². The molecule has 1 N–H and O–H groups in total. The van der Waals surface area contributed by atoms with Crippen LogP contribution in [-0.4, -0.2) is 41.1 Å². The number of aromatic carboxylic acids is 1. The molecule has 1 saturated heterocycles. The Hall–Kier alpha value is -0.940. The Morgan fingerprint density at radius 1 is 1.50 bits per heavy atom. The number of aryl methyl sites for hydroxylation is 1. The van der Waals surface area contributed by atoms with E-state index < -0.39 is 5.97 Å². The molecule has 0 atom stereocenters. The van der Waals surface area contributed by atoms with Crippen molar-refractivity contribution in [3.63, 3.8) is 0 Å². The molecule has 0 amide bonds. The largest absolute Gasteiger partial charge is 0.477 e. The van der Waals surface area contributed by atoms with Gasteiger partial charge in [0.05, 0.1) is 10.7 Å². The minimum atomic E-state index is -0.853. The number of carboxylic acid groups (broad SMARTS) is 1. The van der Waals surface area contributed by atoms with Gasteiger partial charge in [-0.1, -0.05) is 0 Å². The maximum atomic E-state index is 10.9. The molecular formula is C11H16N2O2S. The Kier molecular flexibility index (Phi) is 3.25. The standard InChI is InChI=1S/C11H16N2O2S/c1-7-9(11(14)15)16-10(12-7)8-3-5-13(2)6-4-8/h8H,3-6H2,1-2H3,(H,14,15). The quantitative estimate of drug-likeness (QED) is 0.858. The first kappa shape index (κ1) is 11.5. The van der Waals surface area contributed by atoms with Gasteiger partial charge >= 0.3 is 5.97 Å². The van der Waals surface area contributed by atoms with Crippen molar-refractivity contribution in [2.45, 2.75) is 25.7 Å². The number of hydrogen-bond acceptors (Lipinski definition) is 4. The van der Waals surface area contributed by atoms with Crippen LogP contribution in [0.2, 0.25) is 0 Å². The molecule has 1 fully saturated rings. The van der Waals surface area contributed by atoms with Crippen LogP contribution in [0.15, 0.2) is 0 Å². The normalized spacial score (nSPS) is 18.9. The molecule has 0 saturated carbocycles. The molecular weight excluding hydrogens is 224 g/mol. The molecule has 88 valence electrons. The van der Waals surface area contributed by atoms with Crippen molar-refractivity contribution in [3.8, 4) is 0 Å². The van der Waals surface area contributed by atoms with Crippen LogP contribution in [0.4, 0.5) is 0 Å². The van der Waals surface area contributed by atoms with E-state index in [4.69, 9.17) is 5.11 Å². The first-order chi connectivity index (χ1) is 7.58. The lowest BCUT2D eigenvalue weighted by Gasteiger charge is -2.27. The molecule has 1 aromatic rings. The van der Waals surface area contributed by atoms with Crippen LogP contribution in [0.25, 0.3) is 0 Å². The minimum absolute atomic E-state index is 0.397. The maximum Gasteiger partial charge on any atom is 0.347 e. The summed E-state index contributed by atoms with van der Waals surface area (Å²) in [5, 5.41) is 9.98. The van der Waals surface area contributed by atoms with E-state index in [1.807, 2.05) is 0 Å². The minimum Gasteiger partial charge on any atom is -0.477 e. The fraction of sp³-hybridized carbons (Fsp3) is 0.636. The lowest BCUT2D eigenvalue weighted by atomic mass is 9.98. The third-order valence-corrected chi connectivity index (χ3v) is 4.38. The average molecular weight is 240 g/mol. The Morgan fingerprint density at radius 3 is 2.62 bits per heavy atom. The summed E-state index contributed by atoms with van der Waals surface area (Å²) in [5.41, 5.74) is 0.659. The molecule has 2 heterocycles. The average Bonchev–Trinajstić information content (AvgIpc) is 2.61. The van der Waals surface area contributed by atoms with Crippen LogP contribution in [0.5, 0.6) is 0 Å². The molecule has 2 rings (SSSR count). The van der Waals surface area contributed by atoms with Crippen LogP contribution in [0.3, 0.4) is 0 Å². The molecule has 0 unspecified atom stereocenters. The Labute approximate surface area is 98.9 Å². The lowest BCUT2D eigenvalue weighted by Crippen LogP contribution is -2.29. The predicted molar refractivity (Wildman–Crippen MR) is 63.3 cm³/mol. The van der Waals surface area contributed by atoms with Crippen molar-refractivity contribution < 1.29 is 9.90 Å². The predicted octanol–water partition coefficient (Wildman–Crippen LogP) is 1.96. The van der Waals surface area contributed by atoms with Gasteiger partial charge in [0.25, 0.3) is 0 Å². The highest BCUT2D eigenvalue weighted by atomic mass is 32.1. The zero-order chi connectivity index (χ0) is 11.7. The number of carbonyl (C=O) groups is 1. The Bertz CT molecular complexity index is 395. The fourth-order valence-electron chi connectivity index (χ4n) is 2.05. The molecule has 5 heteroatoms. The van der Waals surface area contributed by atoms with Gasteiger partial charge in [-0.3, -0.25) is 0 Å². The zero-order valence-electron chi connectivity index (χ0n) is 9.56. The van der Waals surface area contributed by atoms with Crippen molar-refractivity contribution in [1.82, 2.24) is 9.88 Å². The van der Waals surface area contributed by atoms with E-state index in [9.17, 15) is 4.79 Å². The summed E-state index contributed by atoms with van der Waals surface area (Å²) in [4.78, 5) is 18.0. The Balaban J connectivity index is 2.15. The lowest BCUT2D eigenvalue weighted by molar-refractivity contribution is 0.0701. The van der Waals surface area contributed by atoms with Crippen molar-refractivity contribution in [1.29, 1.82) is 0 Å². The van der Waals surface area contributed by atoms with Crippen LogP contribution in [0, 0.1) is 6.92 Å². The molecule has 0 bridgehead atoms. The van der Waals surface area contributed by atoms with Gasteiger partial charge in [-0.05, 0) is 39.9 Å². The SMILES string of the molecule is Cc1nc(C2CCN(C)CC2)sc1C(=O)O. The molecule has 1 aliphatic heterocycles. The third kappa shape index (κ3) is 2.25. The van der Waals surface area contributed by atoms with E-state index in [-0.39, 0.29) is 0 Å². The third-order valence-electron chi connectivity index (χ3n) is 3.08. The number of piperidine rings is 1. The highest BCUT2D eigenvalue weighted by molar-refractivity contribution is 7.13. The van der Waals surface area contributed by atoms with E-state index in [1.165, 1.54) is 11.3 Å².